The maximum absolute atomic E-state index is 6.42. The van der Waals surface area contributed by atoms with Gasteiger partial charge in [-0.05, 0) is 83.3 Å². The molecular weight excluding hydrogens is 340 g/mol. The van der Waals surface area contributed by atoms with Crippen LogP contribution in [0.25, 0.3) is 44.4 Å². The summed E-state index contributed by atoms with van der Waals surface area (Å²) in [6.07, 6.45) is 15.0. The summed E-state index contributed by atoms with van der Waals surface area (Å²) in [5.74, 6) is 0. The van der Waals surface area contributed by atoms with Crippen LogP contribution in [0.3, 0.4) is 0 Å². The average molecular weight is 360 g/mol. The molecule has 0 saturated heterocycles. The number of hydrogen-bond acceptors (Lipinski definition) is 1. The molecule has 4 aromatic rings. The maximum Gasteiger partial charge on any atom is 0.139 e. The van der Waals surface area contributed by atoms with E-state index in [-0.39, 0.29) is 0 Å². The highest BCUT2D eigenvalue weighted by atomic mass is 16.3. The lowest BCUT2D eigenvalue weighted by Crippen LogP contribution is -1.98. The molecule has 1 nitrogen and oxygen atoms in total. The predicted octanol–water partition coefficient (Wildman–Crippen LogP) is 7.36. The Morgan fingerprint density at radius 1 is 0.821 bits per heavy atom. The Kier molecular flexibility index (Phi) is 2.80. The van der Waals surface area contributed by atoms with Gasteiger partial charge < -0.3 is 4.42 Å². The van der Waals surface area contributed by atoms with Crippen molar-refractivity contribution >= 4 is 44.4 Å². The first-order valence-corrected chi connectivity index (χ1v) is 10.4. The Morgan fingerprint density at radius 3 is 2.71 bits per heavy atom. The normalized spacial score (nSPS) is 17.6. The second-order valence-electron chi connectivity index (χ2n) is 8.33. The van der Waals surface area contributed by atoms with Crippen LogP contribution in [0.5, 0.6) is 0 Å². The first kappa shape index (κ1) is 14.9. The van der Waals surface area contributed by atoms with Gasteiger partial charge in [-0.2, -0.15) is 0 Å². The van der Waals surface area contributed by atoms with E-state index in [0.717, 1.165) is 30.4 Å². The molecule has 0 fully saturated rings. The summed E-state index contributed by atoms with van der Waals surface area (Å²) in [5.41, 5.74) is 10.9. The van der Waals surface area contributed by atoms with Crippen LogP contribution >= 0.6 is 0 Å². The molecule has 3 aliphatic carbocycles. The van der Waals surface area contributed by atoms with Crippen molar-refractivity contribution in [2.75, 3.05) is 0 Å². The number of allylic oxidation sites excluding steroid dienone is 5. The van der Waals surface area contributed by atoms with E-state index in [2.05, 4.69) is 60.7 Å². The fraction of sp³-hybridized carbons (Fsp3) is 0.185. The molecule has 0 radical (unpaired) electrons. The summed E-state index contributed by atoms with van der Waals surface area (Å²) < 4.78 is 6.42. The third-order valence-corrected chi connectivity index (χ3v) is 6.82. The smallest absolute Gasteiger partial charge is 0.139 e. The van der Waals surface area contributed by atoms with Crippen LogP contribution in [-0.4, -0.2) is 0 Å². The Morgan fingerprint density at radius 2 is 1.71 bits per heavy atom. The Balaban J connectivity index is 1.68. The van der Waals surface area contributed by atoms with E-state index in [1.807, 2.05) is 0 Å². The van der Waals surface area contributed by atoms with Gasteiger partial charge in [-0.15, -0.1) is 0 Å². The Hall–Kier alpha value is -3.06. The van der Waals surface area contributed by atoms with Crippen molar-refractivity contribution in [3.63, 3.8) is 0 Å². The standard InChI is InChI=1S/C27H20O/c1-2-8-18-16(7-1)13-17-14-24-23(15-22(17)18)19-9-3-4-10-20(19)27-26(24)21-11-5-6-12-25(21)28-27/h2-3,5-6,8-9,11-12,14-15H,1,4,7,10,13H2. The highest BCUT2D eigenvalue weighted by Gasteiger charge is 2.25. The highest BCUT2D eigenvalue weighted by Crippen LogP contribution is 2.46. The molecule has 0 N–H and O–H groups in total. The summed E-state index contributed by atoms with van der Waals surface area (Å²) in [6, 6.07) is 13.4. The fourth-order valence-corrected chi connectivity index (χ4v) is 5.55. The van der Waals surface area contributed by atoms with Gasteiger partial charge >= 0.3 is 0 Å². The summed E-state index contributed by atoms with van der Waals surface area (Å²) in [5, 5.41) is 5.29. The predicted molar refractivity (Wildman–Crippen MR) is 118 cm³/mol. The van der Waals surface area contributed by atoms with E-state index in [1.54, 1.807) is 5.57 Å². The minimum Gasteiger partial charge on any atom is -0.456 e. The second-order valence-corrected chi connectivity index (χ2v) is 8.33. The molecular formula is C27H20O. The molecule has 0 saturated carbocycles. The van der Waals surface area contributed by atoms with Gasteiger partial charge in [0.25, 0.3) is 0 Å². The third kappa shape index (κ3) is 1.82. The minimum absolute atomic E-state index is 1.00. The van der Waals surface area contributed by atoms with E-state index >= 15 is 0 Å². The van der Waals surface area contributed by atoms with Crippen molar-refractivity contribution in [3.8, 4) is 0 Å². The maximum atomic E-state index is 6.42. The van der Waals surface area contributed by atoms with Crippen molar-refractivity contribution in [2.24, 2.45) is 0 Å². The first-order valence-electron chi connectivity index (χ1n) is 10.4. The molecule has 7 rings (SSSR count). The van der Waals surface area contributed by atoms with Gasteiger partial charge in [0.15, 0.2) is 0 Å². The lowest BCUT2D eigenvalue weighted by Gasteiger charge is -2.16. The number of hydrogen-bond donors (Lipinski definition) is 0. The van der Waals surface area contributed by atoms with Crippen LogP contribution in [0, 0.1) is 0 Å². The van der Waals surface area contributed by atoms with E-state index in [1.165, 1.54) is 62.2 Å². The zero-order valence-electron chi connectivity index (χ0n) is 15.7. The molecule has 0 spiro atoms. The Bertz CT molecular complexity index is 1420. The first-order chi connectivity index (χ1) is 13.9. The lowest BCUT2D eigenvalue weighted by molar-refractivity contribution is 0.662. The zero-order chi connectivity index (χ0) is 18.2. The molecule has 134 valence electrons. The molecule has 1 heterocycles. The number of benzene rings is 3. The van der Waals surface area contributed by atoms with E-state index in [4.69, 9.17) is 4.42 Å². The van der Waals surface area contributed by atoms with Crippen LogP contribution in [0.4, 0.5) is 0 Å². The number of aryl methyl sites for hydroxylation is 1. The van der Waals surface area contributed by atoms with Crippen molar-refractivity contribution in [1.29, 1.82) is 0 Å². The zero-order valence-corrected chi connectivity index (χ0v) is 15.7. The molecule has 1 heteroatoms. The second kappa shape index (κ2) is 5.26. The molecule has 0 atom stereocenters. The number of furan rings is 1. The largest absolute Gasteiger partial charge is 0.456 e. The lowest BCUT2D eigenvalue weighted by atomic mass is 9.87. The van der Waals surface area contributed by atoms with E-state index in [9.17, 15) is 0 Å². The summed E-state index contributed by atoms with van der Waals surface area (Å²) in [6.45, 7) is 0. The van der Waals surface area contributed by atoms with Crippen molar-refractivity contribution < 1.29 is 4.42 Å². The van der Waals surface area contributed by atoms with E-state index in [0.29, 0.717) is 0 Å². The topological polar surface area (TPSA) is 13.1 Å². The van der Waals surface area contributed by atoms with Crippen LogP contribution in [0.1, 0.15) is 41.5 Å². The summed E-state index contributed by atoms with van der Waals surface area (Å²) >= 11 is 0. The highest BCUT2D eigenvalue weighted by molar-refractivity contribution is 6.22. The minimum atomic E-state index is 1.00. The quantitative estimate of drug-likeness (QED) is 0.319. The monoisotopic (exact) mass is 360 g/mol. The SMILES string of the molecule is C1=CC2=C(CC1)Cc1cc3c(cc12)c1c(c2oc4ccccc4c23)CCC=C1. The van der Waals surface area contributed by atoms with Gasteiger partial charge in [0.2, 0.25) is 0 Å². The number of rotatable bonds is 0. The molecule has 1 aromatic heterocycles. The van der Waals surface area contributed by atoms with E-state index < -0.39 is 0 Å². The molecule has 0 amide bonds. The Labute approximate surface area is 163 Å². The average Bonchev–Trinajstić information content (AvgIpc) is 3.31. The molecule has 3 aliphatic rings. The number of para-hydroxylation sites is 1. The van der Waals surface area contributed by atoms with Crippen molar-refractivity contribution in [2.45, 2.75) is 32.1 Å². The van der Waals surface area contributed by atoms with Gasteiger partial charge in [0, 0.05) is 16.3 Å². The fourth-order valence-electron chi connectivity index (χ4n) is 5.55. The molecule has 0 aliphatic heterocycles. The van der Waals surface area contributed by atoms with Crippen LogP contribution in [0.15, 0.2) is 64.6 Å². The molecule has 3 aromatic carbocycles. The van der Waals surface area contributed by atoms with Gasteiger partial charge in [-0.1, -0.05) is 48.1 Å². The number of fused-ring (bicyclic) bond motifs is 10. The van der Waals surface area contributed by atoms with Crippen molar-refractivity contribution in [1.82, 2.24) is 0 Å². The summed E-state index contributed by atoms with van der Waals surface area (Å²) in [7, 11) is 0. The van der Waals surface area contributed by atoms with Crippen molar-refractivity contribution in [3.05, 3.63) is 82.5 Å². The van der Waals surface area contributed by atoms with Gasteiger partial charge in [-0.3, -0.25) is 0 Å². The van der Waals surface area contributed by atoms with Gasteiger partial charge in [-0.25, -0.2) is 0 Å². The van der Waals surface area contributed by atoms with Crippen LogP contribution in [-0.2, 0) is 12.8 Å². The molecule has 0 unspecified atom stereocenters. The van der Waals surface area contributed by atoms with Gasteiger partial charge in [0.05, 0.1) is 0 Å². The summed E-state index contributed by atoms with van der Waals surface area (Å²) in [4.78, 5) is 0. The third-order valence-electron chi connectivity index (χ3n) is 6.82. The van der Waals surface area contributed by atoms with Crippen LogP contribution < -0.4 is 0 Å². The van der Waals surface area contributed by atoms with Crippen LogP contribution in [0.2, 0.25) is 0 Å². The molecule has 28 heavy (non-hydrogen) atoms. The molecule has 0 bridgehead atoms. The van der Waals surface area contributed by atoms with Gasteiger partial charge in [0.1, 0.15) is 11.2 Å².